The van der Waals surface area contributed by atoms with Crippen LogP contribution < -0.4 is 5.32 Å². The molecule has 6 heteroatoms. The Hall–Kier alpha value is -1.69. The number of nitrogens with zero attached hydrogens (tertiary/aromatic N) is 2. The normalized spacial score (nSPS) is 21.6. The molecule has 1 saturated heterocycles. The SMILES string of the molecule is Cc1ccc2ncnc(NC3CCS(=O)(=O)C3)c2c1. The van der Waals surface area contributed by atoms with E-state index in [4.69, 9.17) is 0 Å². The van der Waals surface area contributed by atoms with Gasteiger partial charge in [-0.2, -0.15) is 0 Å². The number of aromatic nitrogens is 2. The lowest BCUT2D eigenvalue weighted by Crippen LogP contribution is -2.21. The Labute approximate surface area is 112 Å². The van der Waals surface area contributed by atoms with Crippen molar-refractivity contribution in [3.63, 3.8) is 0 Å². The van der Waals surface area contributed by atoms with Gasteiger partial charge in [0.05, 0.1) is 17.0 Å². The van der Waals surface area contributed by atoms with Crippen LogP contribution in [0.15, 0.2) is 24.5 Å². The quantitative estimate of drug-likeness (QED) is 0.901. The molecule has 19 heavy (non-hydrogen) atoms. The maximum Gasteiger partial charge on any atom is 0.152 e. The van der Waals surface area contributed by atoms with E-state index in [1.165, 1.54) is 6.33 Å². The number of nitrogens with one attached hydrogen (secondary N) is 1. The van der Waals surface area contributed by atoms with Crippen molar-refractivity contribution in [3.8, 4) is 0 Å². The van der Waals surface area contributed by atoms with E-state index < -0.39 is 9.84 Å². The van der Waals surface area contributed by atoms with E-state index in [0.717, 1.165) is 22.3 Å². The van der Waals surface area contributed by atoms with Gasteiger partial charge in [-0.05, 0) is 25.5 Å². The molecule has 1 fully saturated rings. The molecule has 0 bridgehead atoms. The molecule has 1 aromatic carbocycles. The van der Waals surface area contributed by atoms with E-state index in [2.05, 4.69) is 15.3 Å². The topological polar surface area (TPSA) is 72.0 Å². The Morgan fingerprint density at radius 2 is 2.16 bits per heavy atom. The van der Waals surface area contributed by atoms with Gasteiger partial charge in [-0.15, -0.1) is 0 Å². The lowest BCUT2D eigenvalue weighted by molar-refractivity contribution is 0.602. The molecule has 2 heterocycles. The standard InChI is InChI=1S/C13H15N3O2S/c1-9-2-3-12-11(6-9)13(15-8-14-12)16-10-4-5-19(17,18)7-10/h2-3,6,8,10H,4-5,7H2,1H3,(H,14,15,16). The summed E-state index contributed by atoms with van der Waals surface area (Å²) in [6.45, 7) is 2.01. The van der Waals surface area contributed by atoms with Crippen molar-refractivity contribution in [3.05, 3.63) is 30.1 Å². The lowest BCUT2D eigenvalue weighted by Gasteiger charge is -2.13. The number of hydrogen-bond acceptors (Lipinski definition) is 5. The van der Waals surface area contributed by atoms with Gasteiger partial charge >= 0.3 is 0 Å². The summed E-state index contributed by atoms with van der Waals surface area (Å²) < 4.78 is 23.0. The highest BCUT2D eigenvalue weighted by Gasteiger charge is 2.28. The van der Waals surface area contributed by atoms with Crippen LogP contribution >= 0.6 is 0 Å². The summed E-state index contributed by atoms with van der Waals surface area (Å²) in [7, 11) is -2.88. The summed E-state index contributed by atoms with van der Waals surface area (Å²) in [5.74, 6) is 1.16. The molecule has 0 saturated carbocycles. The molecule has 1 aromatic heterocycles. The molecule has 1 aliphatic heterocycles. The van der Waals surface area contributed by atoms with Gasteiger partial charge in [-0.3, -0.25) is 0 Å². The molecule has 2 aromatic rings. The molecule has 1 atom stereocenters. The second-order valence-corrected chi connectivity index (χ2v) is 7.22. The molecule has 0 spiro atoms. The number of fused-ring (bicyclic) bond motifs is 1. The average Bonchev–Trinajstić information content (AvgIpc) is 2.69. The van der Waals surface area contributed by atoms with Crippen LogP contribution in [0.2, 0.25) is 0 Å². The second-order valence-electron chi connectivity index (χ2n) is 4.99. The van der Waals surface area contributed by atoms with Crippen LogP contribution in [0.3, 0.4) is 0 Å². The summed E-state index contributed by atoms with van der Waals surface area (Å²) in [6.07, 6.45) is 2.14. The maximum atomic E-state index is 11.5. The number of sulfone groups is 1. The van der Waals surface area contributed by atoms with Crippen molar-refractivity contribution < 1.29 is 8.42 Å². The molecule has 0 radical (unpaired) electrons. The molecule has 0 amide bonds. The zero-order valence-electron chi connectivity index (χ0n) is 10.6. The highest BCUT2D eigenvalue weighted by molar-refractivity contribution is 7.91. The van der Waals surface area contributed by atoms with Crippen LogP contribution in [-0.4, -0.2) is 35.9 Å². The number of rotatable bonds is 2. The molecular formula is C13H15N3O2S. The van der Waals surface area contributed by atoms with Crippen molar-refractivity contribution in [1.29, 1.82) is 0 Å². The molecule has 5 nitrogen and oxygen atoms in total. The minimum absolute atomic E-state index is 0.0522. The van der Waals surface area contributed by atoms with Crippen molar-refractivity contribution in [2.45, 2.75) is 19.4 Å². The van der Waals surface area contributed by atoms with Gasteiger partial charge in [0.1, 0.15) is 12.1 Å². The van der Waals surface area contributed by atoms with Crippen molar-refractivity contribution in [2.75, 3.05) is 16.8 Å². The van der Waals surface area contributed by atoms with Gasteiger partial charge in [0.2, 0.25) is 0 Å². The fourth-order valence-corrected chi connectivity index (χ4v) is 4.06. The Balaban J connectivity index is 1.95. The van der Waals surface area contributed by atoms with Crippen LogP contribution in [-0.2, 0) is 9.84 Å². The Bertz CT molecular complexity index is 728. The van der Waals surface area contributed by atoms with Gasteiger partial charge in [0.25, 0.3) is 0 Å². The highest BCUT2D eigenvalue weighted by atomic mass is 32.2. The predicted octanol–water partition coefficient (Wildman–Crippen LogP) is 1.54. The van der Waals surface area contributed by atoms with Gasteiger partial charge in [-0.25, -0.2) is 18.4 Å². The first-order chi connectivity index (χ1) is 9.03. The summed E-state index contributed by atoms with van der Waals surface area (Å²) in [6, 6.07) is 5.91. The van der Waals surface area contributed by atoms with Crippen molar-refractivity contribution in [1.82, 2.24) is 9.97 Å². The molecule has 3 rings (SSSR count). The second kappa shape index (κ2) is 4.45. The van der Waals surface area contributed by atoms with Gasteiger partial charge < -0.3 is 5.32 Å². The maximum absolute atomic E-state index is 11.5. The fraction of sp³-hybridized carbons (Fsp3) is 0.385. The third-order valence-electron chi connectivity index (χ3n) is 3.36. The minimum atomic E-state index is -2.88. The summed E-state index contributed by atoms with van der Waals surface area (Å²) in [4.78, 5) is 8.46. The van der Waals surface area contributed by atoms with Crippen LogP contribution in [0, 0.1) is 6.92 Å². The Morgan fingerprint density at radius 3 is 2.89 bits per heavy atom. The van der Waals surface area contributed by atoms with E-state index in [-0.39, 0.29) is 17.5 Å². The molecule has 1 aliphatic rings. The van der Waals surface area contributed by atoms with Crippen molar-refractivity contribution in [2.24, 2.45) is 0 Å². The molecule has 1 N–H and O–H groups in total. The number of aryl methyl sites for hydroxylation is 1. The summed E-state index contributed by atoms with van der Waals surface area (Å²) in [5.41, 5.74) is 1.99. The fourth-order valence-electron chi connectivity index (χ4n) is 2.39. The third-order valence-corrected chi connectivity index (χ3v) is 5.13. The minimum Gasteiger partial charge on any atom is -0.366 e. The Kier molecular flexibility index (Phi) is 2.89. The smallest absolute Gasteiger partial charge is 0.152 e. The average molecular weight is 277 g/mol. The third kappa shape index (κ3) is 2.53. The molecule has 100 valence electrons. The first kappa shape index (κ1) is 12.3. The predicted molar refractivity (Wildman–Crippen MR) is 75.0 cm³/mol. The van der Waals surface area contributed by atoms with Crippen LogP contribution in [0.1, 0.15) is 12.0 Å². The van der Waals surface area contributed by atoms with E-state index in [9.17, 15) is 8.42 Å². The van der Waals surface area contributed by atoms with Crippen LogP contribution in [0.5, 0.6) is 0 Å². The van der Waals surface area contributed by atoms with Gasteiger partial charge in [0, 0.05) is 11.4 Å². The number of anilines is 1. The largest absolute Gasteiger partial charge is 0.366 e. The molecular weight excluding hydrogens is 262 g/mol. The number of benzene rings is 1. The van der Waals surface area contributed by atoms with Crippen LogP contribution in [0.4, 0.5) is 5.82 Å². The first-order valence-electron chi connectivity index (χ1n) is 6.22. The van der Waals surface area contributed by atoms with E-state index in [1.54, 1.807) is 0 Å². The first-order valence-corrected chi connectivity index (χ1v) is 8.04. The van der Waals surface area contributed by atoms with Gasteiger partial charge in [-0.1, -0.05) is 11.6 Å². The van der Waals surface area contributed by atoms with Crippen LogP contribution in [0.25, 0.3) is 10.9 Å². The molecule has 1 unspecified atom stereocenters. The monoisotopic (exact) mass is 277 g/mol. The number of hydrogen-bond donors (Lipinski definition) is 1. The van der Waals surface area contributed by atoms with Gasteiger partial charge in [0.15, 0.2) is 9.84 Å². The van der Waals surface area contributed by atoms with Crippen molar-refractivity contribution >= 4 is 26.6 Å². The van der Waals surface area contributed by atoms with E-state index in [0.29, 0.717) is 6.42 Å². The van der Waals surface area contributed by atoms with E-state index in [1.807, 2.05) is 25.1 Å². The lowest BCUT2D eigenvalue weighted by atomic mass is 10.1. The molecule has 0 aliphatic carbocycles. The zero-order valence-corrected chi connectivity index (χ0v) is 11.4. The van der Waals surface area contributed by atoms with E-state index >= 15 is 0 Å². The summed E-state index contributed by atoms with van der Waals surface area (Å²) in [5, 5.41) is 4.17. The Morgan fingerprint density at radius 1 is 1.32 bits per heavy atom. The summed E-state index contributed by atoms with van der Waals surface area (Å²) >= 11 is 0. The highest BCUT2D eigenvalue weighted by Crippen LogP contribution is 2.23. The zero-order chi connectivity index (χ0) is 13.5.